The van der Waals surface area contributed by atoms with E-state index in [-0.39, 0.29) is 10.5 Å². The maximum Gasteiger partial charge on any atom is 0.255 e. The molecule has 2 aromatic rings. The van der Waals surface area contributed by atoms with Crippen molar-refractivity contribution in [3.05, 3.63) is 52.5 Å². The topological polar surface area (TPSA) is 75.7 Å². The summed E-state index contributed by atoms with van der Waals surface area (Å²) in [6.07, 6.45) is 0. The highest BCUT2D eigenvalue weighted by Crippen LogP contribution is 2.27. The van der Waals surface area contributed by atoms with E-state index < -0.39 is 15.9 Å². The molecule has 0 unspecified atom stereocenters. The van der Waals surface area contributed by atoms with Gasteiger partial charge < -0.3 is 10.1 Å². The van der Waals surface area contributed by atoms with Gasteiger partial charge in [0.2, 0.25) is 10.0 Å². The second kappa shape index (κ2) is 7.99. The summed E-state index contributed by atoms with van der Waals surface area (Å²) in [6, 6.07) is 11.5. The zero-order valence-corrected chi connectivity index (χ0v) is 16.5. The van der Waals surface area contributed by atoms with Gasteiger partial charge in [0.1, 0.15) is 5.75 Å². The molecule has 0 saturated carbocycles. The van der Waals surface area contributed by atoms with Gasteiger partial charge in [-0.3, -0.25) is 4.79 Å². The van der Waals surface area contributed by atoms with E-state index >= 15 is 0 Å². The molecule has 0 aromatic heterocycles. The normalized spacial score (nSPS) is 11.4. The minimum absolute atomic E-state index is 0.0308. The SMILES string of the molecule is CCOc1ccccc1NC(=O)c1ccc(Br)c(S(=O)(=O)N(C)C)c1. The Morgan fingerprint density at radius 2 is 1.88 bits per heavy atom. The van der Waals surface area contributed by atoms with Gasteiger partial charge in [0.15, 0.2) is 0 Å². The molecule has 25 heavy (non-hydrogen) atoms. The highest BCUT2D eigenvalue weighted by atomic mass is 79.9. The Labute approximate surface area is 156 Å². The number of sulfonamides is 1. The predicted molar refractivity (Wildman–Crippen MR) is 101 cm³/mol. The third-order valence-corrected chi connectivity index (χ3v) is 6.20. The fourth-order valence-corrected chi connectivity index (χ4v) is 3.93. The van der Waals surface area contributed by atoms with Crippen molar-refractivity contribution in [1.82, 2.24) is 4.31 Å². The second-order valence-electron chi connectivity index (χ2n) is 5.32. The van der Waals surface area contributed by atoms with E-state index in [1.54, 1.807) is 30.3 Å². The minimum Gasteiger partial charge on any atom is -0.492 e. The molecule has 0 atom stereocenters. The summed E-state index contributed by atoms with van der Waals surface area (Å²) in [7, 11) is -0.797. The molecule has 0 heterocycles. The summed E-state index contributed by atoms with van der Waals surface area (Å²) < 4.78 is 31.7. The lowest BCUT2D eigenvalue weighted by molar-refractivity contribution is 0.102. The first-order chi connectivity index (χ1) is 11.8. The first-order valence-electron chi connectivity index (χ1n) is 7.52. The fraction of sp³-hybridized carbons (Fsp3) is 0.235. The van der Waals surface area contributed by atoms with Gasteiger partial charge in [0.25, 0.3) is 5.91 Å². The first-order valence-corrected chi connectivity index (χ1v) is 9.76. The number of hydrogen-bond donors (Lipinski definition) is 1. The average Bonchev–Trinajstić information content (AvgIpc) is 2.56. The summed E-state index contributed by atoms with van der Waals surface area (Å²) >= 11 is 3.23. The summed E-state index contributed by atoms with van der Waals surface area (Å²) in [5.41, 5.74) is 0.754. The van der Waals surface area contributed by atoms with Gasteiger partial charge in [-0.05, 0) is 53.2 Å². The lowest BCUT2D eigenvalue weighted by atomic mass is 10.2. The number of halogens is 1. The number of nitrogens with zero attached hydrogens (tertiary/aromatic N) is 1. The number of nitrogens with one attached hydrogen (secondary N) is 1. The van der Waals surface area contributed by atoms with E-state index in [0.29, 0.717) is 22.5 Å². The van der Waals surface area contributed by atoms with E-state index in [1.807, 2.05) is 13.0 Å². The molecule has 1 amide bonds. The zero-order valence-electron chi connectivity index (χ0n) is 14.1. The van der Waals surface area contributed by atoms with Crippen LogP contribution in [-0.4, -0.2) is 39.3 Å². The summed E-state index contributed by atoms with van der Waals surface area (Å²) in [5, 5.41) is 2.75. The lowest BCUT2D eigenvalue weighted by Gasteiger charge is -2.15. The van der Waals surface area contributed by atoms with E-state index in [2.05, 4.69) is 21.2 Å². The first kappa shape index (κ1) is 19.4. The molecule has 8 heteroatoms. The van der Waals surface area contributed by atoms with Crippen LogP contribution in [0.1, 0.15) is 17.3 Å². The molecular formula is C17H19BrN2O4S. The second-order valence-corrected chi connectivity index (χ2v) is 8.29. The van der Waals surface area contributed by atoms with Gasteiger partial charge in [0.05, 0.1) is 17.2 Å². The van der Waals surface area contributed by atoms with Crippen molar-refractivity contribution in [3.8, 4) is 5.75 Å². The molecular weight excluding hydrogens is 408 g/mol. The maximum absolute atomic E-state index is 12.5. The molecule has 0 bridgehead atoms. The maximum atomic E-state index is 12.5. The zero-order chi connectivity index (χ0) is 18.6. The molecule has 0 aliphatic heterocycles. The van der Waals surface area contributed by atoms with Crippen molar-refractivity contribution in [3.63, 3.8) is 0 Å². The van der Waals surface area contributed by atoms with Crippen LogP contribution in [0.25, 0.3) is 0 Å². The number of amides is 1. The van der Waals surface area contributed by atoms with Crippen LogP contribution in [-0.2, 0) is 10.0 Å². The molecule has 1 N–H and O–H groups in total. The van der Waals surface area contributed by atoms with Crippen molar-refractivity contribution >= 4 is 37.5 Å². The van der Waals surface area contributed by atoms with Gasteiger partial charge in [-0.15, -0.1) is 0 Å². The van der Waals surface area contributed by atoms with Crippen LogP contribution in [0.4, 0.5) is 5.69 Å². The Bertz CT molecular complexity index is 882. The standard InChI is InChI=1S/C17H19BrN2O4S/c1-4-24-15-8-6-5-7-14(15)19-17(21)12-9-10-13(18)16(11-12)25(22,23)20(2)3/h5-11H,4H2,1-3H3,(H,19,21). The van der Waals surface area contributed by atoms with E-state index in [4.69, 9.17) is 4.74 Å². The van der Waals surface area contributed by atoms with Crippen LogP contribution in [0, 0.1) is 0 Å². The Morgan fingerprint density at radius 1 is 1.20 bits per heavy atom. The van der Waals surface area contributed by atoms with Gasteiger partial charge in [-0.1, -0.05) is 12.1 Å². The molecule has 2 aromatic carbocycles. The number of rotatable bonds is 6. The molecule has 0 radical (unpaired) electrons. The van der Waals surface area contributed by atoms with Gasteiger partial charge in [-0.2, -0.15) is 0 Å². The fourth-order valence-electron chi connectivity index (χ4n) is 2.08. The third kappa shape index (κ3) is 4.39. The lowest BCUT2D eigenvalue weighted by Crippen LogP contribution is -2.23. The van der Waals surface area contributed by atoms with Gasteiger partial charge in [-0.25, -0.2) is 12.7 Å². The average molecular weight is 427 g/mol. The van der Waals surface area contributed by atoms with Crippen LogP contribution in [0.2, 0.25) is 0 Å². The molecule has 134 valence electrons. The van der Waals surface area contributed by atoms with Crippen molar-refractivity contribution < 1.29 is 17.9 Å². The van der Waals surface area contributed by atoms with Crippen LogP contribution < -0.4 is 10.1 Å². The summed E-state index contributed by atoms with van der Waals surface area (Å²) in [6.45, 7) is 2.32. The number of hydrogen-bond acceptors (Lipinski definition) is 4. The van der Waals surface area contributed by atoms with E-state index in [1.165, 1.54) is 20.2 Å². The van der Waals surface area contributed by atoms with E-state index in [9.17, 15) is 13.2 Å². The molecule has 6 nitrogen and oxygen atoms in total. The molecule has 2 rings (SSSR count). The monoisotopic (exact) mass is 426 g/mol. The van der Waals surface area contributed by atoms with Crippen LogP contribution in [0.15, 0.2) is 51.8 Å². The number of carbonyl (C=O) groups excluding carboxylic acids is 1. The molecule has 0 fully saturated rings. The summed E-state index contributed by atoms with van der Waals surface area (Å²) in [4.78, 5) is 12.6. The largest absolute Gasteiger partial charge is 0.492 e. The molecule has 0 aliphatic carbocycles. The van der Waals surface area contributed by atoms with Crippen molar-refractivity contribution in [2.75, 3.05) is 26.0 Å². The number of anilines is 1. The van der Waals surface area contributed by atoms with Crippen molar-refractivity contribution in [2.24, 2.45) is 0 Å². The van der Waals surface area contributed by atoms with Crippen LogP contribution in [0.3, 0.4) is 0 Å². The smallest absolute Gasteiger partial charge is 0.255 e. The predicted octanol–water partition coefficient (Wildman–Crippen LogP) is 3.35. The van der Waals surface area contributed by atoms with Crippen molar-refractivity contribution in [2.45, 2.75) is 11.8 Å². The number of ether oxygens (including phenoxy) is 1. The third-order valence-electron chi connectivity index (χ3n) is 3.39. The number of para-hydroxylation sites is 2. The minimum atomic E-state index is -3.67. The van der Waals surface area contributed by atoms with Gasteiger partial charge >= 0.3 is 0 Å². The molecule has 0 saturated heterocycles. The van der Waals surface area contributed by atoms with Crippen LogP contribution in [0.5, 0.6) is 5.75 Å². The highest BCUT2D eigenvalue weighted by Gasteiger charge is 2.22. The highest BCUT2D eigenvalue weighted by molar-refractivity contribution is 9.10. The quantitative estimate of drug-likeness (QED) is 0.767. The Kier molecular flexibility index (Phi) is 6.21. The van der Waals surface area contributed by atoms with Gasteiger partial charge in [0, 0.05) is 24.1 Å². The number of benzene rings is 2. The molecule has 0 aliphatic rings. The Balaban J connectivity index is 2.36. The van der Waals surface area contributed by atoms with E-state index in [0.717, 1.165) is 4.31 Å². The Morgan fingerprint density at radius 3 is 2.52 bits per heavy atom. The van der Waals surface area contributed by atoms with Crippen LogP contribution >= 0.6 is 15.9 Å². The molecule has 0 spiro atoms. The summed E-state index contributed by atoms with van der Waals surface area (Å²) in [5.74, 6) is 0.131. The number of carbonyl (C=O) groups is 1. The van der Waals surface area contributed by atoms with Crippen molar-refractivity contribution in [1.29, 1.82) is 0 Å². The Hall–Kier alpha value is -1.90.